The standard InChI is InChI=1S/C17H24O/c1-3-5-7-9-10-12-14-16-17(18)15-13-11-8-6-4-2/h4,14,16-18H,2-3,5-6,8,11,13,15H2,1H3. The summed E-state index contributed by atoms with van der Waals surface area (Å²) in [5.41, 5.74) is 0. The van der Waals surface area contributed by atoms with E-state index in [-0.39, 0.29) is 6.10 Å². The second kappa shape index (κ2) is 13.6. The van der Waals surface area contributed by atoms with Crippen LogP contribution in [0.3, 0.4) is 0 Å². The summed E-state index contributed by atoms with van der Waals surface area (Å²) in [7, 11) is 0. The average molecular weight is 244 g/mol. The van der Waals surface area contributed by atoms with Crippen molar-refractivity contribution in [2.45, 2.75) is 58.0 Å². The van der Waals surface area contributed by atoms with Gasteiger partial charge in [0.25, 0.3) is 0 Å². The van der Waals surface area contributed by atoms with E-state index in [0.717, 1.165) is 44.9 Å². The van der Waals surface area contributed by atoms with Crippen molar-refractivity contribution >= 4 is 0 Å². The fourth-order valence-electron chi connectivity index (χ4n) is 1.38. The minimum Gasteiger partial charge on any atom is -0.389 e. The van der Waals surface area contributed by atoms with Crippen LogP contribution in [-0.4, -0.2) is 11.2 Å². The van der Waals surface area contributed by atoms with Crippen molar-refractivity contribution in [3.8, 4) is 23.7 Å². The molecule has 0 fully saturated rings. The van der Waals surface area contributed by atoms with Crippen molar-refractivity contribution in [3.63, 3.8) is 0 Å². The second-order valence-electron chi connectivity index (χ2n) is 4.17. The van der Waals surface area contributed by atoms with Gasteiger partial charge in [-0.2, -0.15) is 0 Å². The molecule has 0 aliphatic rings. The Kier molecular flexibility index (Phi) is 12.5. The first-order valence-corrected chi connectivity index (χ1v) is 6.75. The predicted octanol–water partition coefficient (Wildman–Crippen LogP) is 3.85. The van der Waals surface area contributed by atoms with Gasteiger partial charge in [0.05, 0.1) is 6.10 Å². The van der Waals surface area contributed by atoms with E-state index in [0.29, 0.717) is 0 Å². The first-order chi connectivity index (χ1) is 8.81. The summed E-state index contributed by atoms with van der Waals surface area (Å²) in [6.45, 7) is 5.77. The summed E-state index contributed by atoms with van der Waals surface area (Å²) in [5, 5.41) is 9.64. The molecule has 0 aliphatic carbocycles. The summed E-state index contributed by atoms with van der Waals surface area (Å²) >= 11 is 0. The van der Waals surface area contributed by atoms with Gasteiger partial charge in [0.15, 0.2) is 0 Å². The third kappa shape index (κ3) is 12.6. The fraction of sp³-hybridized carbons (Fsp3) is 0.529. The van der Waals surface area contributed by atoms with E-state index in [1.54, 1.807) is 12.2 Å². The Labute approximate surface area is 112 Å². The SMILES string of the molecule is C=CCCCCCC(O)C=CC#CC#CCCC. The summed E-state index contributed by atoms with van der Waals surface area (Å²) in [5.74, 6) is 11.3. The molecular formula is C17H24O. The lowest BCUT2D eigenvalue weighted by Crippen LogP contribution is -2.01. The average Bonchev–Trinajstić information content (AvgIpc) is 2.37. The highest BCUT2D eigenvalue weighted by atomic mass is 16.3. The summed E-state index contributed by atoms with van der Waals surface area (Å²) in [6, 6.07) is 0. The molecule has 1 unspecified atom stereocenters. The van der Waals surface area contributed by atoms with Crippen molar-refractivity contribution in [1.29, 1.82) is 0 Å². The van der Waals surface area contributed by atoms with Crippen LogP contribution < -0.4 is 0 Å². The topological polar surface area (TPSA) is 20.2 Å². The number of hydrogen-bond donors (Lipinski definition) is 1. The Balaban J connectivity index is 3.64. The fourth-order valence-corrected chi connectivity index (χ4v) is 1.38. The minimum absolute atomic E-state index is 0.383. The molecule has 0 spiro atoms. The van der Waals surface area contributed by atoms with Gasteiger partial charge in [-0.1, -0.05) is 37.7 Å². The molecule has 1 heteroatoms. The number of unbranched alkanes of at least 4 members (excludes halogenated alkanes) is 4. The largest absolute Gasteiger partial charge is 0.389 e. The predicted molar refractivity (Wildman–Crippen MR) is 78.9 cm³/mol. The number of aliphatic hydroxyl groups is 1. The van der Waals surface area contributed by atoms with E-state index in [9.17, 15) is 5.11 Å². The molecule has 0 aliphatic heterocycles. The molecule has 0 rings (SSSR count). The van der Waals surface area contributed by atoms with Gasteiger partial charge in [-0.25, -0.2) is 0 Å². The minimum atomic E-state index is -0.383. The maximum atomic E-state index is 9.64. The highest BCUT2D eigenvalue weighted by Crippen LogP contribution is 2.06. The molecule has 1 atom stereocenters. The third-order valence-electron chi connectivity index (χ3n) is 2.41. The summed E-state index contributed by atoms with van der Waals surface area (Å²) in [4.78, 5) is 0. The van der Waals surface area contributed by atoms with Gasteiger partial charge in [-0.05, 0) is 49.7 Å². The van der Waals surface area contributed by atoms with Crippen LogP contribution in [-0.2, 0) is 0 Å². The molecule has 0 aromatic rings. The molecule has 0 bridgehead atoms. The van der Waals surface area contributed by atoms with Gasteiger partial charge < -0.3 is 5.11 Å². The number of rotatable bonds is 8. The molecule has 0 saturated heterocycles. The third-order valence-corrected chi connectivity index (χ3v) is 2.41. The summed E-state index contributed by atoms with van der Waals surface area (Å²) in [6.07, 6.45) is 12.2. The molecule has 0 saturated carbocycles. The Morgan fingerprint density at radius 1 is 1.22 bits per heavy atom. The first-order valence-electron chi connectivity index (χ1n) is 6.75. The molecule has 18 heavy (non-hydrogen) atoms. The van der Waals surface area contributed by atoms with Crippen molar-refractivity contribution in [2.75, 3.05) is 0 Å². The molecule has 0 radical (unpaired) electrons. The van der Waals surface area contributed by atoms with Crippen LogP contribution >= 0.6 is 0 Å². The van der Waals surface area contributed by atoms with Crippen LogP contribution in [0, 0.1) is 23.7 Å². The molecule has 0 amide bonds. The molecule has 0 aromatic carbocycles. The van der Waals surface area contributed by atoms with Crippen molar-refractivity contribution in [1.82, 2.24) is 0 Å². The highest BCUT2D eigenvalue weighted by Gasteiger charge is 1.97. The van der Waals surface area contributed by atoms with Crippen LogP contribution in [0.4, 0.5) is 0 Å². The normalized spacial score (nSPS) is 11.2. The van der Waals surface area contributed by atoms with Gasteiger partial charge in [-0.15, -0.1) is 6.58 Å². The van der Waals surface area contributed by atoms with Crippen molar-refractivity contribution in [3.05, 3.63) is 24.8 Å². The monoisotopic (exact) mass is 244 g/mol. The molecule has 0 aromatic heterocycles. The summed E-state index contributed by atoms with van der Waals surface area (Å²) < 4.78 is 0. The number of aliphatic hydroxyl groups excluding tert-OH is 1. The zero-order chi connectivity index (χ0) is 13.5. The van der Waals surface area contributed by atoms with Gasteiger partial charge in [0, 0.05) is 6.42 Å². The lowest BCUT2D eigenvalue weighted by atomic mass is 10.1. The van der Waals surface area contributed by atoms with Gasteiger partial charge >= 0.3 is 0 Å². The Bertz CT molecular complexity index is 343. The molecule has 1 N–H and O–H groups in total. The molecule has 1 nitrogen and oxygen atoms in total. The van der Waals surface area contributed by atoms with Crippen LogP contribution in [0.15, 0.2) is 24.8 Å². The van der Waals surface area contributed by atoms with E-state index in [4.69, 9.17) is 0 Å². The van der Waals surface area contributed by atoms with E-state index >= 15 is 0 Å². The first kappa shape index (κ1) is 16.6. The van der Waals surface area contributed by atoms with Crippen LogP contribution in [0.1, 0.15) is 51.9 Å². The maximum absolute atomic E-state index is 9.64. The van der Waals surface area contributed by atoms with E-state index < -0.39 is 0 Å². The van der Waals surface area contributed by atoms with E-state index in [1.165, 1.54) is 0 Å². The highest BCUT2D eigenvalue weighted by molar-refractivity contribution is 5.30. The van der Waals surface area contributed by atoms with Crippen molar-refractivity contribution in [2.24, 2.45) is 0 Å². The zero-order valence-electron chi connectivity index (χ0n) is 11.4. The Morgan fingerprint density at radius 3 is 2.78 bits per heavy atom. The molecule has 98 valence electrons. The Morgan fingerprint density at radius 2 is 2.06 bits per heavy atom. The second-order valence-corrected chi connectivity index (χ2v) is 4.17. The quantitative estimate of drug-likeness (QED) is 0.391. The maximum Gasteiger partial charge on any atom is 0.0730 e. The number of hydrogen-bond acceptors (Lipinski definition) is 1. The molecule has 0 heterocycles. The van der Waals surface area contributed by atoms with Gasteiger partial charge in [0.2, 0.25) is 0 Å². The Hall–Kier alpha value is -1.44. The zero-order valence-corrected chi connectivity index (χ0v) is 11.4. The smallest absolute Gasteiger partial charge is 0.0730 e. The lowest BCUT2D eigenvalue weighted by Gasteiger charge is -2.03. The van der Waals surface area contributed by atoms with Crippen LogP contribution in [0.25, 0.3) is 0 Å². The lowest BCUT2D eigenvalue weighted by molar-refractivity contribution is 0.208. The van der Waals surface area contributed by atoms with Crippen LogP contribution in [0.2, 0.25) is 0 Å². The number of allylic oxidation sites excluding steroid dienone is 2. The van der Waals surface area contributed by atoms with E-state index in [2.05, 4.69) is 37.2 Å². The van der Waals surface area contributed by atoms with Gasteiger partial charge in [0.1, 0.15) is 0 Å². The molecular weight excluding hydrogens is 220 g/mol. The van der Waals surface area contributed by atoms with Crippen LogP contribution in [0.5, 0.6) is 0 Å². The van der Waals surface area contributed by atoms with Gasteiger partial charge in [-0.3, -0.25) is 0 Å². The van der Waals surface area contributed by atoms with E-state index in [1.807, 2.05) is 6.08 Å². The van der Waals surface area contributed by atoms with Crippen molar-refractivity contribution < 1.29 is 5.11 Å².